The van der Waals surface area contributed by atoms with Crippen LogP contribution in [0.5, 0.6) is 0 Å². The van der Waals surface area contributed by atoms with Crippen molar-refractivity contribution in [2.45, 2.75) is 0 Å². The number of hydrogen-bond acceptors (Lipinski definition) is 4. The average molecular weight is 226 g/mol. The lowest BCUT2D eigenvalue weighted by Crippen LogP contribution is -1.84. The van der Waals surface area contributed by atoms with Crippen LogP contribution in [-0.2, 0) is 0 Å². The Labute approximate surface area is 76.3 Å². The Morgan fingerprint density at radius 2 is 2.00 bits per heavy atom. The molecule has 0 aromatic carbocycles. The van der Waals surface area contributed by atoms with Crippen molar-refractivity contribution in [1.82, 2.24) is 25.6 Å². The minimum absolute atomic E-state index is 0.747. The number of nitrogens with zero attached hydrogens (tertiary/aromatic N) is 4. The quantitative estimate of drug-likeness (QED) is 0.788. The molecule has 6 heteroatoms. The highest BCUT2D eigenvalue weighted by atomic mass is 79.9. The standard InChI is InChI=1S/C6H4BrN5/c7-5-2-9-8-1-4(5)6-3-10-12-11-6/h1-3H,(H,10,11,12). The fourth-order valence-electron chi connectivity index (χ4n) is 0.826. The van der Waals surface area contributed by atoms with E-state index < -0.39 is 0 Å². The summed E-state index contributed by atoms with van der Waals surface area (Å²) in [6.45, 7) is 0. The van der Waals surface area contributed by atoms with Crippen molar-refractivity contribution in [3.05, 3.63) is 23.1 Å². The van der Waals surface area contributed by atoms with E-state index in [0.717, 1.165) is 15.7 Å². The van der Waals surface area contributed by atoms with Gasteiger partial charge in [0, 0.05) is 10.0 Å². The summed E-state index contributed by atoms with van der Waals surface area (Å²) in [5, 5.41) is 17.6. The molecule has 0 fully saturated rings. The van der Waals surface area contributed by atoms with Gasteiger partial charge in [0.05, 0.1) is 18.6 Å². The zero-order chi connectivity index (χ0) is 8.39. The van der Waals surface area contributed by atoms with Gasteiger partial charge in [-0.1, -0.05) is 0 Å². The molecule has 2 heterocycles. The Morgan fingerprint density at radius 1 is 1.17 bits per heavy atom. The Hall–Kier alpha value is -1.30. The van der Waals surface area contributed by atoms with Gasteiger partial charge in [0.25, 0.3) is 0 Å². The second kappa shape index (κ2) is 2.98. The Morgan fingerprint density at radius 3 is 2.67 bits per heavy atom. The van der Waals surface area contributed by atoms with Gasteiger partial charge in [-0.15, -0.1) is 0 Å². The zero-order valence-corrected chi connectivity index (χ0v) is 7.48. The third-order valence-electron chi connectivity index (χ3n) is 1.37. The molecule has 0 aliphatic heterocycles. The lowest BCUT2D eigenvalue weighted by molar-refractivity contribution is 0.940. The Kier molecular flexibility index (Phi) is 1.83. The van der Waals surface area contributed by atoms with Crippen molar-refractivity contribution in [1.29, 1.82) is 0 Å². The van der Waals surface area contributed by atoms with Gasteiger partial charge in [0.15, 0.2) is 0 Å². The first-order chi connectivity index (χ1) is 5.88. The second-order valence-electron chi connectivity index (χ2n) is 2.11. The molecule has 0 spiro atoms. The molecule has 12 heavy (non-hydrogen) atoms. The molecule has 0 radical (unpaired) electrons. The molecule has 2 aromatic rings. The van der Waals surface area contributed by atoms with Crippen LogP contribution in [0.25, 0.3) is 11.3 Å². The lowest BCUT2D eigenvalue weighted by Gasteiger charge is -1.95. The largest absolute Gasteiger partial charge is 0.197 e. The maximum absolute atomic E-state index is 3.91. The van der Waals surface area contributed by atoms with Crippen LogP contribution in [0, 0.1) is 0 Å². The number of H-pyrrole nitrogens is 1. The Balaban J connectivity index is 2.55. The van der Waals surface area contributed by atoms with Crippen molar-refractivity contribution >= 4 is 15.9 Å². The zero-order valence-electron chi connectivity index (χ0n) is 5.90. The van der Waals surface area contributed by atoms with Crippen molar-refractivity contribution in [3.8, 4) is 11.3 Å². The third kappa shape index (κ3) is 1.20. The number of aromatic amines is 1. The van der Waals surface area contributed by atoms with Gasteiger partial charge in [-0.3, -0.25) is 0 Å². The van der Waals surface area contributed by atoms with Crippen LogP contribution in [0.2, 0.25) is 0 Å². The molecule has 1 N–H and O–H groups in total. The number of rotatable bonds is 1. The average Bonchev–Trinajstić information content (AvgIpc) is 2.57. The highest BCUT2D eigenvalue weighted by molar-refractivity contribution is 9.10. The van der Waals surface area contributed by atoms with Crippen molar-refractivity contribution < 1.29 is 0 Å². The summed E-state index contributed by atoms with van der Waals surface area (Å²) in [6.07, 6.45) is 4.87. The lowest BCUT2D eigenvalue weighted by atomic mass is 10.2. The first kappa shape index (κ1) is 7.35. The van der Waals surface area contributed by atoms with Gasteiger partial charge >= 0.3 is 0 Å². The van der Waals surface area contributed by atoms with Crippen LogP contribution in [0.15, 0.2) is 23.1 Å². The van der Waals surface area contributed by atoms with E-state index in [2.05, 4.69) is 41.5 Å². The maximum atomic E-state index is 3.91. The molecule has 0 bridgehead atoms. The predicted octanol–water partition coefficient (Wildman–Crippen LogP) is 1.02. The van der Waals surface area contributed by atoms with Gasteiger partial charge in [-0.2, -0.15) is 25.6 Å². The first-order valence-electron chi connectivity index (χ1n) is 3.20. The van der Waals surface area contributed by atoms with Crippen LogP contribution < -0.4 is 0 Å². The minimum atomic E-state index is 0.747. The SMILES string of the molecule is Brc1cnncc1-c1cn[nH]n1. The minimum Gasteiger partial charge on any atom is -0.197 e. The van der Waals surface area contributed by atoms with Crippen LogP contribution in [-0.4, -0.2) is 25.6 Å². The molecule has 60 valence electrons. The summed E-state index contributed by atoms with van der Waals surface area (Å²) in [7, 11) is 0. The van der Waals surface area contributed by atoms with E-state index in [1.54, 1.807) is 18.6 Å². The molecule has 0 saturated heterocycles. The van der Waals surface area contributed by atoms with E-state index >= 15 is 0 Å². The van der Waals surface area contributed by atoms with Gasteiger partial charge < -0.3 is 0 Å². The van der Waals surface area contributed by atoms with E-state index in [1.807, 2.05) is 0 Å². The molecule has 0 atom stereocenters. The van der Waals surface area contributed by atoms with Gasteiger partial charge in [-0.25, -0.2) is 0 Å². The normalized spacial score (nSPS) is 10.1. The highest BCUT2D eigenvalue weighted by Gasteiger charge is 2.04. The van der Waals surface area contributed by atoms with Gasteiger partial charge in [0.2, 0.25) is 0 Å². The predicted molar refractivity (Wildman–Crippen MR) is 45.1 cm³/mol. The topological polar surface area (TPSA) is 67.3 Å². The summed E-state index contributed by atoms with van der Waals surface area (Å²) in [4.78, 5) is 0. The molecule has 5 nitrogen and oxygen atoms in total. The number of halogens is 1. The van der Waals surface area contributed by atoms with Crippen LogP contribution >= 0.6 is 15.9 Å². The summed E-state index contributed by atoms with van der Waals surface area (Å²) >= 11 is 3.33. The summed E-state index contributed by atoms with van der Waals surface area (Å²) in [6, 6.07) is 0. The van der Waals surface area contributed by atoms with E-state index in [-0.39, 0.29) is 0 Å². The van der Waals surface area contributed by atoms with Crippen molar-refractivity contribution in [2.75, 3.05) is 0 Å². The summed E-state index contributed by atoms with van der Waals surface area (Å²) < 4.78 is 0.853. The molecule has 0 aliphatic rings. The molecule has 0 unspecified atom stereocenters. The monoisotopic (exact) mass is 225 g/mol. The summed E-state index contributed by atoms with van der Waals surface area (Å²) in [5.74, 6) is 0. The van der Waals surface area contributed by atoms with Crippen LogP contribution in [0.4, 0.5) is 0 Å². The molecule has 0 aliphatic carbocycles. The van der Waals surface area contributed by atoms with E-state index in [1.165, 1.54) is 0 Å². The molecule has 2 aromatic heterocycles. The molecule has 0 amide bonds. The van der Waals surface area contributed by atoms with Crippen LogP contribution in [0.1, 0.15) is 0 Å². The van der Waals surface area contributed by atoms with Crippen LogP contribution in [0.3, 0.4) is 0 Å². The molecular formula is C6H4BrN5. The molecular weight excluding hydrogens is 222 g/mol. The number of hydrogen-bond donors (Lipinski definition) is 1. The van der Waals surface area contributed by atoms with E-state index in [9.17, 15) is 0 Å². The number of aromatic nitrogens is 5. The molecule has 2 rings (SSSR count). The van der Waals surface area contributed by atoms with Gasteiger partial charge in [0.1, 0.15) is 5.69 Å². The van der Waals surface area contributed by atoms with E-state index in [4.69, 9.17) is 0 Å². The fourth-order valence-corrected chi connectivity index (χ4v) is 1.22. The maximum Gasteiger partial charge on any atom is 0.115 e. The fraction of sp³-hybridized carbons (Fsp3) is 0. The van der Waals surface area contributed by atoms with Gasteiger partial charge in [-0.05, 0) is 15.9 Å². The van der Waals surface area contributed by atoms with Crippen molar-refractivity contribution in [2.24, 2.45) is 0 Å². The third-order valence-corrected chi connectivity index (χ3v) is 2.00. The highest BCUT2D eigenvalue weighted by Crippen LogP contribution is 2.22. The first-order valence-corrected chi connectivity index (χ1v) is 3.99. The summed E-state index contributed by atoms with van der Waals surface area (Å²) in [5.41, 5.74) is 1.62. The van der Waals surface area contributed by atoms with E-state index in [0.29, 0.717) is 0 Å². The number of nitrogens with one attached hydrogen (secondary N) is 1. The Bertz CT molecular complexity index is 371. The molecule has 0 saturated carbocycles. The van der Waals surface area contributed by atoms with Crippen molar-refractivity contribution in [3.63, 3.8) is 0 Å². The smallest absolute Gasteiger partial charge is 0.115 e. The second-order valence-corrected chi connectivity index (χ2v) is 2.96.